The van der Waals surface area contributed by atoms with Gasteiger partial charge in [0, 0.05) is 18.4 Å². The Bertz CT molecular complexity index is 798. The monoisotopic (exact) mass is 369 g/mol. The van der Waals surface area contributed by atoms with E-state index in [1.807, 2.05) is 6.92 Å². The Morgan fingerprint density at radius 2 is 2.00 bits per heavy atom. The fourth-order valence-corrected chi connectivity index (χ4v) is 2.22. The molecule has 0 aliphatic heterocycles. The van der Waals surface area contributed by atoms with Gasteiger partial charge in [0.25, 0.3) is 6.43 Å². The SMILES string of the molecule is CCn1cc(NC(=O)Cn2nc(C(F)F)cc2C)c(C(=O)OC(C)C)n1. The molecule has 1 amide bonds. The van der Waals surface area contributed by atoms with Crippen molar-refractivity contribution in [3.05, 3.63) is 29.3 Å². The molecule has 0 spiro atoms. The van der Waals surface area contributed by atoms with Crippen molar-refractivity contribution in [1.29, 1.82) is 0 Å². The van der Waals surface area contributed by atoms with Crippen LogP contribution in [0.4, 0.5) is 14.5 Å². The first-order valence-corrected chi connectivity index (χ1v) is 8.12. The summed E-state index contributed by atoms with van der Waals surface area (Å²) >= 11 is 0. The van der Waals surface area contributed by atoms with Gasteiger partial charge in [-0.1, -0.05) is 0 Å². The van der Waals surface area contributed by atoms with Crippen molar-refractivity contribution in [2.24, 2.45) is 0 Å². The topological polar surface area (TPSA) is 91.0 Å². The molecule has 1 N–H and O–H groups in total. The maximum absolute atomic E-state index is 12.7. The standard InChI is InChI=1S/C16H21F2N5O3/c1-5-22-7-12(14(21-22)16(25)26-9(2)3)19-13(24)8-23-10(4)6-11(20-23)15(17)18/h6-7,9,15H,5,8H2,1-4H3,(H,19,24). The third kappa shape index (κ3) is 4.64. The molecule has 8 nitrogen and oxygen atoms in total. The summed E-state index contributed by atoms with van der Waals surface area (Å²) in [6.07, 6.45) is -1.54. The highest BCUT2D eigenvalue weighted by atomic mass is 19.3. The number of hydrogen-bond donors (Lipinski definition) is 1. The van der Waals surface area contributed by atoms with E-state index in [2.05, 4.69) is 15.5 Å². The molecule has 0 saturated heterocycles. The molecule has 0 aromatic carbocycles. The van der Waals surface area contributed by atoms with Crippen LogP contribution in [0, 0.1) is 6.92 Å². The first-order valence-electron chi connectivity index (χ1n) is 8.12. The molecule has 0 bridgehead atoms. The molecule has 0 fully saturated rings. The van der Waals surface area contributed by atoms with Crippen LogP contribution in [0.5, 0.6) is 0 Å². The Kier molecular flexibility index (Phi) is 6.06. The lowest BCUT2D eigenvalue weighted by Crippen LogP contribution is -2.22. The van der Waals surface area contributed by atoms with E-state index in [1.54, 1.807) is 20.8 Å². The van der Waals surface area contributed by atoms with Gasteiger partial charge in [-0.2, -0.15) is 10.2 Å². The molecule has 0 unspecified atom stereocenters. The van der Waals surface area contributed by atoms with Gasteiger partial charge < -0.3 is 10.1 Å². The third-order valence-electron chi connectivity index (χ3n) is 3.41. The van der Waals surface area contributed by atoms with Gasteiger partial charge in [-0.05, 0) is 33.8 Å². The third-order valence-corrected chi connectivity index (χ3v) is 3.41. The number of nitrogens with zero attached hydrogens (tertiary/aromatic N) is 4. The van der Waals surface area contributed by atoms with Crippen molar-refractivity contribution >= 4 is 17.6 Å². The molecular weight excluding hydrogens is 348 g/mol. The van der Waals surface area contributed by atoms with Crippen LogP contribution in [0.25, 0.3) is 0 Å². The summed E-state index contributed by atoms with van der Waals surface area (Å²) in [5.41, 5.74) is 0.218. The number of aromatic nitrogens is 4. The van der Waals surface area contributed by atoms with Gasteiger partial charge >= 0.3 is 5.97 Å². The van der Waals surface area contributed by atoms with Gasteiger partial charge in [0.15, 0.2) is 5.69 Å². The number of esters is 1. The quantitative estimate of drug-likeness (QED) is 0.758. The molecule has 2 rings (SSSR count). The molecule has 26 heavy (non-hydrogen) atoms. The number of aryl methyl sites for hydroxylation is 2. The molecule has 0 aliphatic carbocycles. The van der Waals surface area contributed by atoms with Gasteiger partial charge in [-0.15, -0.1) is 0 Å². The molecule has 0 radical (unpaired) electrons. The molecule has 10 heteroatoms. The van der Waals surface area contributed by atoms with Crippen LogP contribution >= 0.6 is 0 Å². The van der Waals surface area contributed by atoms with Gasteiger partial charge in [0.05, 0.1) is 11.8 Å². The Labute approximate surface area is 149 Å². The van der Waals surface area contributed by atoms with E-state index in [9.17, 15) is 18.4 Å². The summed E-state index contributed by atoms with van der Waals surface area (Å²) in [5, 5.41) is 10.4. The van der Waals surface area contributed by atoms with E-state index < -0.39 is 24.0 Å². The Morgan fingerprint density at radius 1 is 1.31 bits per heavy atom. The molecule has 2 aromatic rings. The van der Waals surface area contributed by atoms with Crippen molar-refractivity contribution in [1.82, 2.24) is 19.6 Å². The normalized spacial score (nSPS) is 11.2. The van der Waals surface area contributed by atoms with E-state index >= 15 is 0 Å². The molecule has 0 saturated carbocycles. The second-order valence-electron chi connectivity index (χ2n) is 5.92. The maximum Gasteiger partial charge on any atom is 0.361 e. The van der Waals surface area contributed by atoms with Crippen molar-refractivity contribution < 1.29 is 23.1 Å². The smallest absolute Gasteiger partial charge is 0.361 e. The molecular formula is C16H21F2N5O3. The summed E-state index contributed by atoms with van der Waals surface area (Å²) in [7, 11) is 0. The zero-order valence-electron chi connectivity index (χ0n) is 15.0. The summed E-state index contributed by atoms with van der Waals surface area (Å²) in [6.45, 7) is 7.03. The van der Waals surface area contributed by atoms with Crippen LogP contribution in [0.1, 0.15) is 49.1 Å². The van der Waals surface area contributed by atoms with Crippen LogP contribution in [0.2, 0.25) is 0 Å². The lowest BCUT2D eigenvalue weighted by Gasteiger charge is -2.08. The minimum absolute atomic E-state index is 0.0145. The van der Waals surface area contributed by atoms with Crippen LogP contribution in [-0.4, -0.2) is 37.5 Å². The highest BCUT2D eigenvalue weighted by Gasteiger charge is 2.21. The minimum atomic E-state index is -2.71. The van der Waals surface area contributed by atoms with Crippen LogP contribution < -0.4 is 5.32 Å². The Hall–Kier alpha value is -2.78. The van der Waals surface area contributed by atoms with Crippen molar-refractivity contribution in [2.45, 2.75) is 53.3 Å². The Balaban J connectivity index is 2.15. The van der Waals surface area contributed by atoms with E-state index in [0.717, 1.165) is 0 Å². The first-order chi connectivity index (χ1) is 12.2. The van der Waals surface area contributed by atoms with E-state index in [-0.39, 0.29) is 24.0 Å². The second-order valence-corrected chi connectivity index (χ2v) is 5.92. The number of hydrogen-bond acceptors (Lipinski definition) is 5. The molecule has 2 heterocycles. The molecule has 142 valence electrons. The number of halogens is 2. The number of nitrogens with one attached hydrogen (secondary N) is 1. The van der Waals surface area contributed by atoms with Gasteiger partial charge in [0.1, 0.15) is 12.2 Å². The molecule has 0 aliphatic rings. The summed E-state index contributed by atoms with van der Waals surface area (Å²) in [6, 6.07) is 1.22. The van der Waals surface area contributed by atoms with Gasteiger partial charge in [-0.3, -0.25) is 14.2 Å². The highest BCUT2D eigenvalue weighted by Crippen LogP contribution is 2.19. The van der Waals surface area contributed by atoms with Crippen molar-refractivity contribution in [2.75, 3.05) is 5.32 Å². The predicted octanol–water partition coefficient (Wildman–Crippen LogP) is 2.55. The van der Waals surface area contributed by atoms with Gasteiger partial charge in [-0.25, -0.2) is 13.6 Å². The van der Waals surface area contributed by atoms with E-state index in [1.165, 1.54) is 21.6 Å². The largest absolute Gasteiger partial charge is 0.458 e. The van der Waals surface area contributed by atoms with Crippen molar-refractivity contribution in [3.63, 3.8) is 0 Å². The molecule has 2 aromatic heterocycles. The number of carbonyl (C=O) groups is 2. The van der Waals surface area contributed by atoms with Crippen LogP contribution in [0.15, 0.2) is 12.3 Å². The fraction of sp³-hybridized carbons (Fsp3) is 0.500. The number of ether oxygens (including phenoxy) is 1. The predicted molar refractivity (Wildman–Crippen MR) is 89.0 cm³/mol. The number of anilines is 1. The zero-order chi connectivity index (χ0) is 19.4. The summed E-state index contributed by atoms with van der Waals surface area (Å²) < 4.78 is 33.2. The maximum atomic E-state index is 12.7. The number of rotatable bonds is 7. The zero-order valence-corrected chi connectivity index (χ0v) is 15.0. The van der Waals surface area contributed by atoms with Crippen LogP contribution in [-0.2, 0) is 22.6 Å². The number of carbonyl (C=O) groups excluding carboxylic acids is 2. The lowest BCUT2D eigenvalue weighted by atomic mass is 10.3. The lowest BCUT2D eigenvalue weighted by molar-refractivity contribution is -0.117. The second kappa shape index (κ2) is 8.07. The summed E-state index contributed by atoms with van der Waals surface area (Å²) in [5.74, 6) is -1.18. The van der Waals surface area contributed by atoms with Crippen LogP contribution in [0.3, 0.4) is 0 Å². The van der Waals surface area contributed by atoms with E-state index in [4.69, 9.17) is 4.74 Å². The van der Waals surface area contributed by atoms with Gasteiger partial charge in [0.2, 0.25) is 5.91 Å². The average molecular weight is 369 g/mol. The highest BCUT2D eigenvalue weighted by molar-refractivity contribution is 5.99. The molecule has 0 atom stereocenters. The fourth-order valence-electron chi connectivity index (χ4n) is 2.22. The van der Waals surface area contributed by atoms with E-state index in [0.29, 0.717) is 12.2 Å². The Morgan fingerprint density at radius 3 is 2.54 bits per heavy atom. The number of alkyl halides is 2. The van der Waals surface area contributed by atoms with Crippen molar-refractivity contribution in [3.8, 4) is 0 Å². The minimum Gasteiger partial charge on any atom is -0.458 e. The number of amides is 1. The summed E-state index contributed by atoms with van der Waals surface area (Å²) in [4.78, 5) is 24.4. The first kappa shape index (κ1) is 19.5. The average Bonchev–Trinajstić information content (AvgIpc) is 3.11.